The Morgan fingerprint density at radius 2 is 1.88 bits per heavy atom. The SMILES string of the molecule is CCCC(CC)C(=O)NCCCCN1CCN(c2ncccn2)CC1. The molecule has 2 heterocycles. The van der Waals surface area contributed by atoms with Gasteiger partial charge in [0, 0.05) is 51.0 Å². The van der Waals surface area contributed by atoms with E-state index in [9.17, 15) is 4.79 Å². The van der Waals surface area contributed by atoms with Crippen LogP contribution in [-0.2, 0) is 4.79 Å². The number of amides is 1. The van der Waals surface area contributed by atoms with Gasteiger partial charge in [0.15, 0.2) is 0 Å². The van der Waals surface area contributed by atoms with Crippen molar-refractivity contribution in [3.63, 3.8) is 0 Å². The molecule has 1 fully saturated rings. The van der Waals surface area contributed by atoms with E-state index in [2.05, 4.69) is 38.9 Å². The van der Waals surface area contributed by atoms with Crippen molar-refractivity contribution in [1.29, 1.82) is 0 Å². The lowest BCUT2D eigenvalue weighted by Gasteiger charge is -2.34. The number of unbranched alkanes of at least 4 members (excludes halogenated alkanes) is 1. The molecule has 1 unspecified atom stereocenters. The van der Waals surface area contributed by atoms with Crippen molar-refractivity contribution in [2.24, 2.45) is 5.92 Å². The van der Waals surface area contributed by atoms with Gasteiger partial charge < -0.3 is 10.2 Å². The van der Waals surface area contributed by atoms with Crippen molar-refractivity contribution in [2.45, 2.75) is 46.0 Å². The van der Waals surface area contributed by atoms with Crippen LogP contribution in [0.2, 0.25) is 0 Å². The summed E-state index contributed by atoms with van der Waals surface area (Å²) in [5.41, 5.74) is 0. The minimum atomic E-state index is 0.193. The lowest BCUT2D eigenvalue weighted by Crippen LogP contribution is -2.47. The molecule has 0 bridgehead atoms. The molecule has 1 N–H and O–H groups in total. The molecule has 0 saturated carbocycles. The topological polar surface area (TPSA) is 61.4 Å². The van der Waals surface area contributed by atoms with Crippen molar-refractivity contribution < 1.29 is 4.79 Å². The maximum absolute atomic E-state index is 12.1. The average molecular weight is 348 g/mol. The van der Waals surface area contributed by atoms with Gasteiger partial charge in [0.25, 0.3) is 0 Å². The number of piperazine rings is 1. The molecule has 2 rings (SSSR count). The smallest absolute Gasteiger partial charge is 0.225 e. The molecule has 6 heteroatoms. The van der Waals surface area contributed by atoms with E-state index in [1.165, 1.54) is 0 Å². The van der Waals surface area contributed by atoms with Gasteiger partial charge in [0.05, 0.1) is 0 Å². The molecule has 0 spiro atoms. The van der Waals surface area contributed by atoms with E-state index in [4.69, 9.17) is 0 Å². The molecule has 1 aliphatic heterocycles. The van der Waals surface area contributed by atoms with Crippen molar-refractivity contribution in [3.8, 4) is 0 Å². The van der Waals surface area contributed by atoms with Crippen LogP contribution < -0.4 is 10.2 Å². The maximum atomic E-state index is 12.1. The molecule has 1 aliphatic rings. The van der Waals surface area contributed by atoms with Gasteiger partial charge in [-0.3, -0.25) is 9.69 Å². The lowest BCUT2D eigenvalue weighted by molar-refractivity contribution is -0.125. The van der Waals surface area contributed by atoms with Gasteiger partial charge in [0.2, 0.25) is 11.9 Å². The minimum absolute atomic E-state index is 0.193. The monoisotopic (exact) mass is 347 g/mol. The minimum Gasteiger partial charge on any atom is -0.356 e. The third-order valence-electron chi connectivity index (χ3n) is 4.91. The third-order valence-corrected chi connectivity index (χ3v) is 4.91. The highest BCUT2D eigenvalue weighted by atomic mass is 16.1. The van der Waals surface area contributed by atoms with Crippen LogP contribution in [0.25, 0.3) is 0 Å². The van der Waals surface area contributed by atoms with Crippen molar-refractivity contribution in [3.05, 3.63) is 18.5 Å². The molecule has 1 aromatic heterocycles. The largest absolute Gasteiger partial charge is 0.356 e. The standard InChI is InChI=1S/C19H33N5O/c1-3-8-17(4-2)18(25)20-9-5-6-12-23-13-15-24(16-14-23)19-21-10-7-11-22-19/h7,10-11,17H,3-6,8-9,12-16H2,1-2H3,(H,20,25). The Morgan fingerprint density at radius 3 is 2.52 bits per heavy atom. The summed E-state index contributed by atoms with van der Waals surface area (Å²) < 4.78 is 0. The van der Waals surface area contributed by atoms with Crippen LogP contribution in [0.4, 0.5) is 5.95 Å². The number of hydrogen-bond acceptors (Lipinski definition) is 5. The van der Waals surface area contributed by atoms with E-state index in [1.54, 1.807) is 12.4 Å². The predicted molar refractivity (Wildman–Crippen MR) is 102 cm³/mol. The summed E-state index contributed by atoms with van der Waals surface area (Å²) in [6.07, 6.45) is 8.79. The second-order valence-electron chi connectivity index (χ2n) is 6.77. The fraction of sp³-hybridized carbons (Fsp3) is 0.737. The van der Waals surface area contributed by atoms with E-state index in [0.29, 0.717) is 0 Å². The van der Waals surface area contributed by atoms with E-state index in [0.717, 1.165) is 77.3 Å². The Kier molecular flexibility index (Phi) is 8.66. The Labute approximate surface area is 152 Å². The lowest BCUT2D eigenvalue weighted by atomic mass is 10.00. The molecule has 6 nitrogen and oxygen atoms in total. The van der Waals surface area contributed by atoms with Crippen LogP contribution in [0.5, 0.6) is 0 Å². The number of anilines is 1. The first-order valence-corrected chi connectivity index (χ1v) is 9.76. The molecular weight excluding hydrogens is 314 g/mol. The summed E-state index contributed by atoms with van der Waals surface area (Å²) in [6, 6.07) is 1.85. The first-order chi connectivity index (χ1) is 12.2. The second-order valence-corrected chi connectivity index (χ2v) is 6.77. The highest BCUT2D eigenvalue weighted by Gasteiger charge is 2.18. The summed E-state index contributed by atoms with van der Waals surface area (Å²) in [4.78, 5) is 25.4. The van der Waals surface area contributed by atoms with Gasteiger partial charge in [-0.05, 0) is 38.3 Å². The fourth-order valence-corrected chi connectivity index (χ4v) is 3.31. The molecule has 1 atom stereocenters. The summed E-state index contributed by atoms with van der Waals surface area (Å²) in [5, 5.41) is 3.10. The van der Waals surface area contributed by atoms with Gasteiger partial charge in [-0.1, -0.05) is 20.3 Å². The van der Waals surface area contributed by atoms with E-state index < -0.39 is 0 Å². The van der Waals surface area contributed by atoms with Crippen molar-refractivity contribution in [1.82, 2.24) is 20.2 Å². The quantitative estimate of drug-likeness (QED) is 0.658. The van der Waals surface area contributed by atoms with Crippen LogP contribution in [0.1, 0.15) is 46.0 Å². The highest BCUT2D eigenvalue weighted by Crippen LogP contribution is 2.11. The van der Waals surface area contributed by atoms with E-state index >= 15 is 0 Å². The average Bonchev–Trinajstić information content (AvgIpc) is 2.67. The fourth-order valence-electron chi connectivity index (χ4n) is 3.31. The number of nitrogens with one attached hydrogen (secondary N) is 1. The summed E-state index contributed by atoms with van der Waals surface area (Å²) >= 11 is 0. The Bertz CT molecular complexity index is 488. The number of nitrogens with zero attached hydrogens (tertiary/aromatic N) is 4. The Morgan fingerprint density at radius 1 is 1.16 bits per heavy atom. The molecule has 1 amide bonds. The molecule has 0 aliphatic carbocycles. The number of rotatable bonds is 10. The number of carbonyl (C=O) groups excluding carboxylic acids is 1. The van der Waals surface area contributed by atoms with Crippen molar-refractivity contribution in [2.75, 3.05) is 44.2 Å². The zero-order chi connectivity index (χ0) is 17.9. The normalized spacial score (nSPS) is 16.6. The summed E-state index contributed by atoms with van der Waals surface area (Å²) in [7, 11) is 0. The van der Waals surface area contributed by atoms with Crippen LogP contribution in [0.15, 0.2) is 18.5 Å². The maximum Gasteiger partial charge on any atom is 0.225 e. The molecule has 1 aromatic rings. The van der Waals surface area contributed by atoms with Crippen LogP contribution in [0, 0.1) is 5.92 Å². The van der Waals surface area contributed by atoms with Crippen LogP contribution in [0.3, 0.4) is 0 Å². The molecule has 0 radical (unpaired) electrons. The molecule has 140 valence electrons. The van der Waals surface area contributed by atoms with Gasteiger partial charge >= 0.3 is 0 Å². The Balaban J connectivity index is 1.55. The van der Waals surface area contributed by atoms with E-state index in [1.807, 2.05) is 6.07 Å². The Hall–Kier alpha value is -1.69. The molecule has 25 heavy (non-hydrogen) atoms. The van der Waals surface area contributed by atoms with Crippen LogP contribution in [-0.4, -0.2) is 60.0 Å². The molecular formula is C19H33N5O. The number of hydrogen-bond donors (Lipinski definition) is 1. The highest BCUT2D eigenvalue weighted by molar-refractivity contribution is 5.78. The summed E-state index contributed by atoms with van der Waals surface area (Å²) in [6.45, 7) is 10.2. The molecule has 1 saturated heterocycles. The number of carbonyl (C=O) groups is 1. The van der Waals surface area contributed by atoms with E-state index in [-0.39, 0.29) is 11.8 Å². The first kappa shape index (κ1) is 19.6. The molecule has 0 aromatic carbocycles. The van der Waals surface area contributed by atoms with Crippen LogP contribution >= 0.6 is 0 Å². The van der Waals surface area contributed by atoms with Gasteiger partial charge in [-0.15, -0.1) is 0 Å². The second kappa shape index (κ2) is 11.0. The van der Waals surface area contributed by atoms with Gasteiger partial charge in [-0.2, -0.15) is 0 Å². The third kappa shape index (κ3) is 6.61. The zero-order valence-corrected chi connectivity index (χ0v) is 15.8. The predicted octanol–water partition coefficient (Wildman–Crippen LogP) is 2.32. The summed E-state index contributed by atoms with van der Waals surface area (Å²) in [5.74, 6) is 1.27. The van der Waals surface area contributed by atoms with Gasteiger partial charge in [-0.25, -0.2) is 9.97 Å². The van der Waals surface area contributed by atoms with Crippen molar-refractivity contribution >= 4 is 11.9 Å². The number of aromatic nitrogens is 2. The first-order valence-electron chi connectivity index (χ1n) is 9.76. The van der Waals surface area contributed by atoms with Gasteiger partial charge in [0.1, 0.15) is 0 Å². The zero-order valence-electron chi connectivity index (χ0n) is 15.8.